The Kier molecular flexibility index (Phi) is 11.2. The third-order valence-electron chi connectivity index (χ3n) is 4.99. The molecule has 0 aromatic heterocycles. The summed E-state index contributed by atoms with van der Waals surface area (Å²) in [6, 6.07) is 0.618. The van der Waals surface area contributed by atoms with Gasteiger partial charge in [-0.25, -0.2) is 0 Å². The second kappa shape index (κ2) is 12.3. The van der Waals surface area contributed by atoms with E-state index in [0.717, 1.165) is 19.3 Å². The van der Waals surface area contributed by atoms with Gasteiger partial charge in [0.2, 0.25) is 0 Å². The third-order valence-corrected chi connectivity index (χ3v) is 5.61. The predicted octanol–water partition coefficient (Wildman–Crippen LogP) is 4.74. The topological polar surface area (TPSA) is 46.6 Å². The van der Waals surface area contributed by atoms with Crippen molar-refractivity contribution in [2.45, 2.75) is 103 Å². The average molecular weight is 362 g/mol. The van der Waals surface area contributed by atoms with Crippen LogP contribution in [0.4, 0.5) is 0 Å². The maximum Gasteiger partial charge on any atom is 0.264 e. The summed E-state index contributed by atoms with van der Waals surface area (Å²) in [7, 11) is -3.31. The number of unbranched alkanes of at least 4 members (excludes halogenated alkanes) is 8. The van der Waals surface area contributed by atoms with Crippen LogP contribution < -0.4 is 0 Å². The van der Waals surface area contributed by atoms with Gasteiger partial charge >= 0.3 is 0 Å². The number of hydrogen-bond donors (Lipinski definition) is 0. The van der Waals surface area contributed by atoms with Crippen LogP contribution in [-0.4, -0.2) is 44.8 Å². The van der Waals surface area contributed by atoms with Gasteiger partial charge in [0.1, 0.15) is 6.10 Å². The van der Waals surface area contributed by atoms with E-state index in [1.807, 2.05) is 0 Å². The average Bonchev–Trinajstić information content (AvgIpc) is 2.47. The summed E-state index contributed by atoms with van der Waals surface area (Å²) in [5, 5.41) is 0. The Morgan fingerprint density at radius 1 is 0.875 bits per heavy atom. The Hall–Kier alpha value is -0.130. The maximum atomic E-state index is 11.2. The van der Waals surface area contributed by atoms with E-state index in [0.29, 0.717) is 6.04 Å². The molecule has 0 aromatic rings. The zero-order valence-electron chi connectivity index (χ0n) is 16.1. The molecule has 1 aliphatic rings. The van der Waals surface area contributed by atoms with Crippen molar-refractivity contribution in [3.8, 4) is 0 Å². The molecule has 0 spiro atoms. The van der Waals surface area contributed by atoms with Gasteiger partial charge in [-0.3, -0.25) is 9.08 Å². The van der Waals surface area contributed by atoms with E-state index in [4.69, 9.17) is 4.18 Å². The van der Waals surface area contributed by atoms with E-state index < -0.39 is 10.1 Å². The summed E-state index contributed by atoms with van der Waals surface area (Å²) in [5.41, 5.74) is 0. The molecule has 0 bridgehead atoms. The zero-order chi connectivity index (χ0) is 17.8. The molecular formula is C19H39NO3S. The van der Waals surface area contributed by atoms with Crippen LogP contribution in [-0.2, 0) is 14.3 Å². The van der Waals surface area contributed by atoms with Gasteiger partial charge in [0.15, 0.2) is 0 Å². The largest absolute Gasteiger partial charge is 0.295 e. The van der Waals surface area contributed by atoms with Gasteiger partial charge in [-0.1, -0.05) is 78.1 Å². The minimum Gasteiger partial charge on any atom is -0.295 e. The van der Waals surface area contributed by atoms with Crippen LogP contribution >= 0.6 is 0 Å². The number of nitrogens with zero attached hydrogens (tertiary/aromatic N) is 1. The molecule has 24 heavy (non-hydrogen) atoms. The van der Waals surface area contributed by atoms with E-state index in [-0.39, 0.29) is 6.10 Å². The Bertz CT molecular complexity index is 391. The Balaban J connectivity index is 2.29. The van der Waals surface area contributed by atoms with E-state index in [1.165, 1.54) is 77.0 Å². The fourth-order valence-electron chi connectivity index (χ4n) is 3.55. The van der Waals surface area contributed by atoms with Crippen LogP contribution in [0.5, 0.6) is 0 Å². The number of hydrogen-bond acceptors (Lipinski definition) is 4. The SMILES string of the molecule is CCCCCCCC(CCCCCCC)N1CC(OS(C)(=O)=O)C1. The van der Waals surface area contributed by atoms with Crippen molar-refractivity contribution < 1.29 is 12.6 Å². The van der Waals surface area contributed by atoms with Gasteiger partial charge < -0.3 is 0 Å². The summed E-state index contributed by atoms with van der Waals surface area (Å²) in [4.78, 5) is 2.44. The van der Waals surface area contributed by atoms with Crippen molar-refractivity contribution >= 4 is 10.1 Å². The smallest absolute Gasteiger partial charge is 0.264 e. The first-order valence-electron chi connectivity index (χ1n) is 10.1. The molecule has 1 aliphatic heterocycles. The van der Waals surface area contributed by atoms with Crippen molar-refractivity contribution in [3.05, 3.63) is 0 Å². The highest BCUT2D eigenvalue weighted by atomic mass is 32.2. The molecule has 0 aromatic carbocycles. The van der Waals surface area contributed by atoms with Crippen LogP contribution in [0.25, 0.3) is 0 Å². The van der Waals surface area contributed by atoms with E-state index in [9.17, 15) is 8.42 Å². The minimum atomic E-state index is -3.31. The lowest BCUT2D eigenvalue weighted by Gasteiger charge is -2.43. The van der Waals surface area contributed by atoms with Crippen molar-refractivity contribution in [1.82, 2.24) is 4.90 Å². The lowest BCUT2D eigenvalue weighted by molar-refractivity contribution is -0.0111. The lowest BCUT2D eigenvalue weighted by atomic mass is 9.96. The molecule has 1 rings (SSSR count). The van der Waals surface area contributed by atoms with E-state index >= 15 is 0 Å². The molecule has 144 valence electrons. The highest BCUT2D eigenvalue weighted by Crippen LogP contribution is 2.24. The maximum absolute atomic E-state index is 11.2. The predicted molar refractivity (Wildman–Crippen MR) is 102 cm³/mol. The van der Waals surface area contributed by atoms with Gasteiger partial charge in [0, 0.05) is 19.1 Å². The molecule has 0 aliphatic carbocycles. The second-order valence-corrected chi connectivity index (χ2v) is 9.04. The molecule has 5 heteroatoms. The summed E-state index contributed by atoms with van der Waals surface area (Å²) < 4.78 is 27.5. The number of likely N-dealkylation sites (tertiary alicyclic amines) is 1. The Morgan fingerprint density at radius 2 is 1.33 bits per heavy atom. The van der Waals surface area contributed by atoms with Crippen LogP contribution in [0.15, 0.2) is 0 Å². The normalized spacial score (nSPS) is 16.7. The molecule has 1 heterocycles. The number of rotatable bonds is 15. The summed E-state index contributed by atoms with van der Waals surface area (Å²) >= 11 is 0. The van der Waals surface area contributed by atoms with Gasteiger partial charge in [0.25, 0.3) is 10.1 Å². The van der Waals surface area contributed by atoms with Crippen molar-refractivity contribution in [2.24, 2.45) is 0 Å². The van der Waals surface area contributed by atoms with Gasteiger partial charge in [-0.2, -0.15) is 8.42 Å². The molecule has 0 N–H and O–H groups in total. The van der Waals surface area contributed by atoms with Crippen LogP contribution in [0.2, 0.25) is 0 Å². The summed E-state index contributed by atoms with van der Waals surface area (Å²) in [6.45, 7) is 6.06. The van der Waals surface area contributed by atoms with Crippen LogP contribution in [0.3, 0.4) is 0 Å². The zero-order valence-corrected chi connectivity index (χ0v) is 17.0. The van der Waals surface area contributed by atoms with Crippen molar-refractivity contribution in [1.29, 1.82) is 0 Å². The standard InChI is InChI=1S/C19H39NO3S/c1-4-6-8-10-12-14-18(15-13-11-9-7-5-2)20-16-19(17-20)23-24(3,21)22/h18-19H,4-17H2,1-3H3. The molecule has 0 radical (unpaired) electrons. The highest BCUT2D eigenvalue weighted by molar-refractivity contribution is 7.86. The van der Waals surface area contributed by atoms with Gasteiger partial charge in [-0.05, 0) is 12.8 Å². The van der Waals surface area contributed by atoms with E-state index in [1.54, 1.807) is 0 Å². The molecular weight excluding hydrogens is 322 g/mol. The lowest BCUT2D eigenvalue weighted by Crippen LogP contribution is -2.56. The molecule has 0 saturated carbocycles. The fourth-order valence-corrected chi connectivity index (χ4v) is 4.17. The first kappa shape index (κ1) is 21.9. The molecule has 0 atom stereocenters. The molecule has 4 nitrogen and oxygen atoms in total. The van der Waals surface area contributed by atoms with Crippen molar-refractivity contribution in [3.63, 3.8) is 0 Å². The van der Waals surface area contributed by atoms with Crippen LogP contribution in [0, 0.1) is 0 Å². The molecule has 1 saturated heterocycles. The van der Waals surface area contributed by atoms with E-state index in [2.05, 4.69) is 18.7 Å². The first-order chi connectivity index (χ1) is 11.5. The molecule has 0 unspecified atom stereocenters. The highest BCUT2D eigenvalue weighted by Gasteiger charge is 2.34. The van der Waals surface area contributed by atoms with Crippen molar-refractivity contribution in [2.75, 3.05) is 19.3 Å². The summed E-state index contributed by atoms with van der Waals surface area (Å²) in [5.74, 6) is 0. The summed E-state index contributed by atoms with van der Waals surface area (Å²) in [6.07, 6.45) is 16.7. The fraction of sp³-hybridized carbons (Fsp3) is 1.00. The molecule has 0 amide bonds. The van der Waals surface area contributed by atoms with Gasteiger partial charge in [-0.15, -0.1) is 0 Å². The van der Waals surface area contributed by atoms with Crippen LogP contribution in [0.1, 0.15) is 90.9 Å². The Morgan fingerprint density at radius 3 is 1.75 bits per heavy atom. The second-order valence-electron chi connectivity index (χ2n) is 7.44. The minimum absolute atomic E-state index is 0.123. The molecule has 1 fully saturated rings. The van der Waals surface area contributed by atoms with Gasteiger partial charge in [0.05, 0.1) is 6.26 Å². The third kappa shape index (κ3) is 10.00. The first-order valence-corrected chi connectivity index (χ1v) is 11.9. The Labute approximate surface area is 150 Å². The quantitative estimate of drug-likeness (QED) is 0.312. The monoisotopic (exact) mass is 361 g/mol.